The van der Waals surface area contributed by atoms with Gasteiger partial charge in [0, 0.05) is 18.3 Å². The second-order valence-corrected chi connectivity index (χ2v) is 6.97. The molecule has 0 spiro atoms. The minimum Gasteiger partial charge on any atom is -0.465 e. The number of sulfonamides is 1. The van der Waals surface area contributed by atoms with Crippen LogP contribution in [0, 0.1) is 13.8 Å². The predicted octanol–water partition coefficient (Wildman–Crippen LogP) is 2.56. The van der Waals surface area contributed by atoms with Crippen molar-refractivity contribution >= 4 is 10.0 Å². The fourth-order valence-corrected chi connectivity index (χ4v) is 3.56. The first kappa shape index (κ1) is 15.5. The van der Waals surface area contributed by atoms with Crippen LogP contribution in [0.2, 0.25) is 0 Å². The fourth-order valence-electron chi connectivity index (χ4n) is 2.30. The molecule has 0 saturated carbocycles. The molecule has 0 fully saturated rings. The van der Waals surface area contributed by atoms with Crippen molar-refractivity contribution in [1.82, 2.24) is 14.5 Å². The minimum atomic E-state index is -3.60. The van der Waals surface area contributed by atoms with E-state index in [1.165, 1.54) is 6.07 Å². The molecule has 1 aromatic carbocycles. The molecule has 0 atom stereocenters. The van der Waals surface area contributed by atoms with E-state index in [2.05, 4.69) is 9.82 Å². The number of aryl methyl sites for hydroxylation is 2. The van der Waals surface area contributed by atoms with Crippen molar-refractivity contribution in [3.8, 4) is 5.69 Å². The zero-order chi connectivity index (χ0) is 16.4. The molecule has 0 saturated heterocycles. The van der Waals surface area contributed by atoms with E-state index in [0.717, 1.165) is 11.3 Å². The molecular formula is C16H17N3O3S. The molecule has 7 heteroatoms. The summed E-state index contributed by atoms with van der Waals surface area (Å²) in [7, 11) is -3.60. The quantitative estimate of drug-likeness (QED) is 0.779. The first-order valence-electron chi connectivity index (χ1n) is 7.11. The number of hydrogen-bond donors (Lipinski definition) is 1. The Bertz CT molecular complexity index is 911. The lowest BCUT2D eigenvalue weighted by atomic mass is 10.3. The first-order chi connectivity index (χ1) is 11.0. The third-order valence-electron chi connectivity index (χ3n) is 3.41. The summed E-state index contributed by atoms with van der Waals surface area (Å²) in [5.74, 6) is 0.953. The van der Waals surface area contributed by atoms with Crippen molar-refractivity contribution in [2.45, 2.75) is 25.3 Å². The Hall–Kier alpha value is -2.38. The zero-order valence-electron chi connectivity index (χ0n) is 12.9. The lowest BCUT2D eigenvalue weighted by molar-refractivity contribution is 0.495. The number of rotatable bonds is 5. The van der Waals surface area contributed by atoms with Crippen molar-refractivity contribution in [3.05, 3.63) is 65.9 Å². The summed E-state index contributed by atoms with van der Waals surface area (Å²) in [5.41, 5.74) is 1.69. The van der Waals surface area contributed by atoms with Gasteiger partial charge >= 0.3 is 0 Å². The van der Waals surface area contributed by atoms with Gasteiger partial charge in [0.15, 0.2) is 0 Å². The Kier molecular flexibility index (Phi) is 4.06. The highest BCUT2D eigenvalue weighted by molar-refractivity contribution is 7.89. The number of nitrogens with one attached hydrogen (secondary N) is 1. The smallest absolute Gasteiger partial charge is 0.244 e. The largest absolute Gasteiger partial charge is 0.465 e. The van der Waals surface area contributed by atoms with E-state index in [-0.39, 0.29) is 11.4 Å². The zero-order valence-corrected chi connectivity index (χ0v) is 13.7. The molecule has 3 rings (SSSR count). The highest BCUT2D eigenvalue weighted by Gasteiger charge is 2.20. The summed E-state index contributed by atoms with van der Waals surface area (Å²) in [4.78, 5) is 0.172. The van der Waals surface area contributed by atoms with Gasteiger partial charge < -0.3 is 4.42 Å². The van der Waals surface area contributed by atoms with Crippen molar-refractivity contribution in [2.24, 2.45) is 0 Å². The topological polar surface area (TPSA) is 77.1 Å². The lowest BCUT2D eigenvalue weighted by Crippen LogP contribution is -2.23. The standard InChI is InChI=1S/C16H17N3O3S/c1-12-8-16(13(2)22-12)23(20,21)18-10-14-9-17-19(11-14)15-6-4-3-5-7-15/h3-9,11,18H,10H2,1-2H3. The van der Waals surface area contributed by atoms with E-state index in [1.807, 2.05) is 30.3 Å². The average Bonchev–Trinajstić information content (AvgIpc) is 3.13. The molecule has 0 aliphatic rings. The van der Waals surface area contributed by atoms with Crippen LogP contribution in [0.25, 0.3) is 5.69 Å². The second kappa shape index (κ2) is 6.02. The van der Waals surface area contributed by atoms with Crippen molar-refractivity contribution < 1.29 is 12.8 Å². The molecule has 120 valence electrons. The molecule has 2 heterocycles. The average molecular weight is 331 g/mol. The highest BCUT2D eigenvalue weighted by atomic mass is 32.2. The molecule has 0 amide bonds. The van der Waals surface area contributed by atoms with E-state index in [1.54, 1.807) is 30.9 Å². The Morgan fingerprint density at radius 1 is 1.22 bits per heavy atom. The van der Waals surface area contributed by atoms with Gasteiger partial charge in [-0.1, -0.05) is 18.2 Å². The van der Waals surface area contributed by atoms with Gasteiger partial charge in [0.25, 0.3) is 0 Å². The molecule has 0 aliphatic carbocycles. The van der Waals surface area contributed by atoms with Crippen LogP contribution in [-0.2, 0) is 16.6 Å². The number of nitrogens with zero attached hydrogens (tertiary/aromatic N) is 2. The van der Waals surface area contributed by atoms with E-state index in [4.69, 9.17) is 4.42 Å². The molecule has 6 nitrogen and oxygen atoms in total. The van der Waals surface area contributed by atoms with Gasteiger partial charge in [-0.05, 0) is 32.0 Å². The van der Waals surface area contributed by atoms with Crippen LogP contribution in [0.4, 0.5) is 0 Å². The molecular weight excluding hydrogens is 314 g/mol. The van der Waals surface area contributed by atoms with E-state index >= 15 is 0 Å². The van der Waals surface area contributed by atoms with Crippen LogP contribution in [-0.4, -0.2) is 18.2 Å². The van der Waals surface area contributed by atoms with Gasteiger partial charge in [0.05, 0.1) is 11.9 Å². The van der Waals surface area contributed by atoms with E-state index < -0.39 is 10.0 Å². The molecule has 1 N–H and O–H groups in total. The Balaban J connectivity index is 1.74. The van der Waals surface area contributed by atoms with Gasteiger partial charge in [-0.15, -0.1) is 0 Å². The van der Waals surface area contributed by atoms with Crippen molar-refractivity contribution in [3.63, 3.8) is 0 Å². The predicted molar refractivity (Wildman–Crippen MR) is 85.8 cm³/mol. The Morgan fingerprint density at radius 3 is 2.61 bits per heavy atom. The third kappa shape index (κ3) is 3.35. The van der Waals surface area contributed by atoms with E-state index in [0.29, 0.717) is 11.5 Å². The molecule has 2 aromatic heterocycles. The van der Waals surface area contributed by atoms with Gasteiger partial charge in [0.1, 0.15) is 16.4 Å². The normalized spacial score (nSPS) is 11.7. The summed E-state index contributed by atoms with van der Waals surface area (Å²) in [6.45, 7) is 3.52. The maximum absolute atomic E-state index is 12.3. The van der Waals surface area contributed by atoms with Crippen molar-refractivity contribution in [2.75, 3.05) is 0 Å². The number of para-hydroxylation sites is 1. The summed E-state index contributed by atoms with van der Waals surface area (Å²) < 4.78 is 34.2. The minimum absolute atomic E-state index is 0.166. The first-order valence-corrected chi connectivity index (χ1v) is 8.60. The number of hydrogen-bond acceptors (Lipinski definition) is 4. The molecule has 0 unspecified atom stereocenters. The SMILES string of the molecule is Cc1cc(S(=O)(=O)NCc2cnn(-c3ccccc3)c2)c(C)o1. The maximum Gasteiger partial charge on any atom is 0.244 e. The fraction of sp³-hybridized carbons (Fsp3) is 0.188. The van der Waals surface area contributed by atoms with E-state index in [9.17, 15) is 8.42 Å². The van der Waals surface area contributed by atoms with Gasteiger partial charge in [0.2, 0.25) is 10.0 Å². The number of furan rings is 1. The Labute approximate surface area is 134 Å². The summed E-state index contributed by atoms with van der Waals surface area (Å²) >= 11 is 0. The molecule has 0 aliphatic heterocycles. The van der Waals surface area contributed by atoms with Gasteiger partial charge in [-0.3, -0.25) is 0 Å². The summed E-state index contributed by atoms with van der Waals surface area (Å²) in [6, 6.07) is 11.1. The second-order valence-electron chi connectivity index (χ2n) is 5.23. The van der Waals surface area contributed by atoms with Crippen LogP contribution >= 0.6 is 0 Å². The maximum atomic E-state index is 12.3. The van der Waals surface area contributed by atoms with Crippen LogP contribution in [0.3, 0.4) is 0 Å². The third-order valence-corrected chi connectivity index (χ3v) is 4.92. The van der Waals surface area contributed by atoms with Crippen LogP contribution < -0.4 is 4.72 Å². The highest BCUT2D eigenvalue weighted by Crippen LogP contribution is 2.19. The lowest BCUT2D eigenvalue weighted by Gasteiger charge is -2.04. The van der Waals surface area contributed by atoms with Crippen LogP contribution in [0.15, 0.2) is 58.1 Å². The van der Waals surface area contributed by atoms with Crippen molar-refractivity contribution in [1.29, 1.82) is 0 Å². The summed E-state index contributed by atoms with van der Waals surface area (Å²) in [5, 5.41) is 4.24. The molecule has 0 radical (unpaired) electrons. The van der Waals surface area contributed by atoms with Gasteiger partial charge in [-0.25, -0.2) is 17.8 Å². The molecule has 0 bridgehead atoms. The van der Waals surface area contributed by atoms with Gasteiger partial charge in [-0.2, -0.15) is 5.10 Å². The monoisotopic (exact) mass is 331 g/mol. The molecule has 3 aromatic rings. The van der Waals surface area contributed by atoms with Crippen LogP contribution in [0.5, 0.6) is 0 Å². The number of aromatic nitrogens is 2. The van der Waals surface area contributed by atoms with Crippen LogP contribution in [0.1, 0.15) is 17.1 Å². The molecule has 23 heavy (non-hydrogen) atoms. The summed E-state index contributed by atoms with van der Waals surface area (Å²) in [6.07, 6.45) is 3.44. The Morgan fingerprint density at radius 2 is 1.96 bits per heavy atom. The number of benzene rings is 1.